The van der Waals surface area contributed by atoms with Gasteiger partial charge >= 0.3 is 0 Å². The zero-order chi connectivity index (χ0) is 19.5. The summed E-state index contributed by atoms with van der Waals surface area (Å²) in [5.41, 5.74) is 4.56. The SMILES string of the molecule is c1ccc(CSc2nc(-c3cc4ccccc4[nH]3)n(Cc3ccccc3)n2)cc1. The highest BCUT2D eigenvalue weighted by atomic mass is 32.2. The molecule has 0 saturated heterocycles. The summed E-state index contributed by atoms with van der Waals surface area (Å²) < 4.78 is 1.99. The molecule has 2 aromatic heterocycles. The fourth-order valence-corrected chi connectivity index (χ4v) is 4.16. The van der Waals surface area contributed by atoms with Gasteiger partial charge < -0.3 is 4.98 Å². The van der Waals surface area contributed by atoms with E-state index in [-0.39, 0.29) is 0 Å². The maximum absolute atomic E-state index is 4.87. The van der Waals surface area contributed by atoms with Crippen LogP contribution in [0.1, 0.15) is 11.1 Å². The molecule has 0 atom stereocenters. The van der Waals surface area contributed by atoms with Crippen LogP contribution in [0, 0.1) is 0 Å². The van der Waals surface area contributed by atoms with Gasteiger partial charge in [-0.2, -0.15) is 4.98 Å². The minimum atomic E-state index is 0.685. The molecule has 0 aliphatic carbocycles. The van der Waals surface area contributed by atoms with Crippen molar-refractivity contribution >= 4 is 22.7 Å². The van der Waals surface area contributed by atoms with Gasteiger partial charge in [0.25, 0.3) is 0 Å². The molecule has 4 nitrogen and oxygen atoms in total. The van der Waals surface area contributed by atoms with Gasteiger partial charge in [-0.15, -0.1) is 5.10 Å². The Bertz CT molecular complexity index is 1190. The van der Waals surface area contributed by atoms with Crippen molar-refractivity contribution in [2.45, 2.75) is 17.5 Å². The molecule has 5 aromatic rings. The third-order valence-corrected chi connectivity index (χ3v) is 5.72. The number of H-pyrrole nitrogens is 1. The van der Waals surface area contributed by atoms with E-state index in [9.17, 15) is 0 Å². The maximum Gasteiger partial charge on any atom is 0.209 e. The fraction of sp³-hybridized carbons (Fsp3) is 0.0833. The van der Waals surface area contributed by atoms with Gasteiger partial charge in [-0.25, -0.2) is 4.68 Å². The average Bonchev–Trinajstić information content (AvgIpc) is 3.37. The van der Waals surface area contributed by atoms with Crippen LogP contribution in [0.3, 0.4) is 0 Å². The van der Waals surface area contributed by atoms with Crippen molar-refractivity contribution in [2.75, 3.05) is 0 Å². The minimum Gasteiger partial charge on any atom is -0.352 e. The molecular weight excluding hydrogens is 376 g/mol. The third kappa shape index (κ3) is 3.96. The molecule has 0 bridgehead atoms. The molecule has 0 amide bonds. The van der Waals surface area contributed by atoms with E-state index in [2.05, 4.69) is 77.8 Å². The Labute approximate surface area is 173 Å². The van der Waals surface area contributed by atoms with Crippen molar-refractivity contribution < 1.29 is 0 Å². The lowest BCUT2D eigenvalue weighted by Gasteiger charge is -2.04. The fourth-order valence-electron chi connectivity index (χ4n) is 3.36. The van der Waals surface area contributed by atoms with Crippen LogP contribution in [0.5, 0.6) is 0 Å². The molecule has 29 heavy (non-hydrogen) atoms. The zero-order valence-corrected chi connectivity index (χ0v) is 16.6. The van der Waals surface area contributed by atoms with Crippen molar-refractivity contribution in [3.8, 4) is 11.5 Å². The summed E-state index contributed by atoms with van der Waals surface area (Å²) in [6.07, 6.45) is 0. The van der Waals surface area contributed by atoms with Crippen LogP contribution in [-0.4, -0.2) is 19.7 Å². The number of para-hydroxylation sites is 1. The van der Waals surface area contributed by atoms with Gasteiger partial charge in [0, 0.05) is 16.7 Å². The van der Waals surface area contributed by atoms with Crippen molar-refractivity contribution in [1.29, 1.82) is 0 Å². The third-order valence-electron chi connectivity index (χ3n) is 4.81. The van der Waals surface area contributed by atoms with Crippen molar-refractivity contribution in [3.63, 3.8) is 0 Å². The van der Waals surface area contributed by atoms with E-state index < -0.39 is 0 Å². The average molecular weight is 397 g/mol. The summed E-state index contributed by atoms with van der Waals surface area (Å²) in [6.45, 7) is 0.685. The summed E-state index contributed by atoms with van der Waals surface area (Å²) in [5, 5.41) is 6.78. The Morgan fingerprint density at radius 2 is 1.48 bits per heavy atom. The lowest BCUT2D eigenvalue weighted by Crippen LogP contribution is -2.04. The van der Waals surface area contributed by atoms with E-state index in [0.29, 0.717) is 6.54 Å². The quantitative estimate of drug-likeness (QED) is 0.371. The van der Waals surface area contributed by atoms with Gasteiger partial charge in [0.2, 0.25) is 5.16 Å². The number of hydrogen-bond acceptors (Lipinski definition) is 3. The van der Waals surface area contributed by atoms with Gasteiger partial charge in [0.05, 0.1) is 12.2 Å². The van der Waals surface area contributed by atoms with Crippen LogP contribution in [0.4, 0.5) is 0 Å². The lowest BCUT2D eigenvalue weighted by molar-refractivity contribution is 0.671. The highest BCUT2D eigenvalue weighted by Gasteiger charge is 2.15. The van der Waals surface area contributed by atoms with Crippen LogP contribution in [0.15, 0.2) is 96.2 Å². The first-order valence-corrected chi connectivity index (χ1v) is 10.6. The molecule has 0 saturated carbocycles. The van der Waals surface area contributed by atoms with Crippen LogP contribution in [0.2, 0.25) is 0 Å². The van der Waals surface area contributed by atoms with Gasteiger partial charge in [0.15, 0.2) is 5.82 Å². The Kier molecular flexibility index (Phi) is 4.88. The molecule has 5 heteroatoms. The Balaban J connectivity index is 1.49. The number of nitrogens with zero attached hydrogens (tertiary/aromatic N) is 3. The normalized spacial score (nSPS) is 11.2. The van der Waals surface area contributed by atoms with Crippen molar-refractivity contribution in [1.82, 2.24) is 19.7 Å². The molecule has 3 aromatic carbocycles. The van der Waals surface area contributed by atoms with Crippen LogP contribution >= 0.6 is 11.8 Å². The molecule has 0 radical (unpaired) electrons. The van der Waals surface area contributed by atoms with E-state index in [1.807, 2.05) is 22.9 Å². The number of aromatic amines is 1. The first-order chi connectivity index (χ1) is 14.3. The Morgan fingerprint density at radius 1 is 0.793 bits per heavy atom. The van der Waals surface area contributed by atoms with Crippen molar-refractivity contribution in [3.05, 3.63) is 102 Å². The zero-order valence-electron chi connectivity index (χ0n) is 15.8. The molecule has 0 aliphatic rings. The molecule has 0 unspecified atom stereocenters. The van der Waals surface area contributed by atoms with Crippen molar-refractivity contribution in [2.24, 2.45) is 0 Å². The Hall–Kier alpha value is -3.31. The number of benzene rings is 3. The van der Waals surface area contributed by atoms with E-state index in [1.165, 1.54) is 16.5 Å². The second-order valence-corrected chi connectivity index (χ2v) is 7.85. The first kappa shape index (κ1) is 17.8. The lowest BCUT2D eigenvalue weighted by atomic mass is 10.2. The number of thioether (sulfide) groups is 1. The molecule has 1 N–H and O–H groups in total. The molecule has 142 valence electrons. The summed E-state index contributed by atoms with van der Waals surface area (Å²) in [7, 11) is 0. The van der Waals surface area contributed by atoms with E-state index >= 15 is 0 Å². The standard InChI is InChI=1S/C24H20N4S/c1-3-9-18(10-4-1)16-28-23(22-15-20-13-7-8-14-21(20)25-22)26-24(27-28)29-17-19-11-5-2-6-12-19/h1-15,25H,16-17H2. The van der Waals surface area contributed by atoms with Gasteiger partial charge in [-0.05, 0) is 23.3 Å². The smallest absolute Gasteiger partial charge is 0.209 e. The van der Waals surface area contributed by atoms with Crippen LogP contribution in [-0.2, 0) is 12.3 Å². The van der Waals surface area contributed by atoms with E-state index in [0.717, 1.165) is 27.9 Å². The predicted octanol–water partition coefficient (Wildman–Crippen LogP) is 5.77. The van der Waals surface area contributed by atoms with Gasteiger partial charge in [-0.3, -0.25) is 0 Å². The first-order valence-electron chi connectivity index (χ1n) is 9.59. The highest BCUT2D eigenvalue weighted by Crippen LogP contribution is 2.27. The van der Waals surface area contributed by atoms with Gasteiger partial charge in [-0.1, -0.05) is 90.6 Å². The van der Waals surface area contributed by atoms with Crippen LogP contribution in [0.25, 0.3) is 22.4 Å². The monoisotopic (exact) mass is 396 g/mol. The predicted molar refractivity (Wildman–Crippen MR) is 119 cm³/mol. The molecule has 0 fully saturated rings. The second-order valence-electron chi connectivity index (χ2n) is 6.91. The topological polar surface area (TPSA) is 46.5 Å². The number of nitrogens with one attached hydrogen (secondary N) is 1. The van der Waals surface area contributed by atoms with Crippen LogP contribution < -0.4 is 0 Å². The van der Waals surface area contributed by atoms with E-state index in [1.54, 1.807) is 11.8 Å². The van der Waals surface area contributed by atoms with Gasteiger partial charge in [0.1, 0.15) is 0 Å². The molecule has 0 spiro atoms. The number of hydrogen-bond donors (Lipinski definition) is 1. The summed E-state index contributed by atoms with van der Waals surface area (Å²) >= 11 is 1.66. The summed E-state index contributed by atoms with van der Waals surface area (Å²) in [4.78, 5) is 8.36. The summed E-state index contributed by atoms with van der Waals surface area (Å²) in [5.74, 6) is 1.71. The molecule has 5 rings (SSSR count). The Morgan fingerprint density at radius 3 is 2.24 bits per heavy atom. The molecule has 0 aliphatic heterocycles. The highest BCUT2D eigenvalue weighted by molar-refractivity contribution is 7.98. The largest absolute Gasteiger partial charge is 0.352 e. The number of rotatable bonds is 6. The second kappa shape index (κ2) is 7.97. The molecular formula is C24H20N4S. The minimum absolute atomic E-state index is 0.685. The van der Waals surface area contributed by atoms with E-state index in [4.69, 9.17) is 10.1 Å². The molecule has 2 heterocycles. The number of fused-ring (bicyclic) bond motifs is 1. The summed E-state index contributed by atoms with van der Waals surface area (Å²) in [6, 6.07) is 31.2. The maximum atomic E-state index is 4.87. The number of aromatic nitrogens is 4.